The minimum Gasteiger partial charge on any atom is -0.310 e. The van der Waals surface area contributed by atoms with Gasteiger partial charge in [-0.15, -0.1) is 0 Å². The molecule has 56 heavy (non-hydrogen) atoms. The Morgan fingerprint density at radius 2 is 1.27 bits per heavy atom. The number of para-hydroxylation sites is 2. The van der Waals surface area contributed by atoms with Gasteiger partial charge < -0.3 is 9.47 Å². The van der Waals surface area contributed by atoms with Crippen LogP contribution in [0.1, 0.15) is 22.6 Å². The van der Waals surface area contributed by atoms with Gasteiger partial charge in [0.15, 0.2) is 0 Å². The second kappa shape index (κ2) is 12.2. The molecule has 1 aromatic heterocycles. The summed E-state index contributed by atoms with van der Waals surface area (Å²) in [5.74, 6) is 0.599. The smallest absolute Gasteiger partial charge is 0.0543 e. The van der Waals surface area contributed by atoms with Gasteiger partial charge in [0.1, 0.15) is 0 Å². The van der Waals surface area contributed by atoms with Crippen molar-refractivity contribution in [1.82, 2.24) is 4.57 Å². The van der Waals surface area contributed by atoms with Crippen molar-refractivity contribution in [3.05, 3.63) is 222 Å². The first-order valence-corrected chi connectivity index (χ1v) is 19.6. The molecular weight excluding hydrogens is 677 g/mol. The first-order valence-electron chi connectivity index (χ1n) is 19.6. The van der Waals surface area contributed by atoms with Crippen molar-refractivity contribution in [3.63, 3.8) is 0 Å². The van der Waals surface area contributed by atoms with Crippen LogP contribution in [0, 0.1) is 5.92 Å². The molecule has 0 saturated heterocycles. The van der Waals surface area contributed by atoms with Crippen LogP contribution in [0.4, 0.5) is 17.1 Å². The van der Waals surface area contributed by atoms with E-state index >= 15 is 0 Å². The van der Waals surface area contributed by atoms with Crippen LogP contribution in [0.15, 0.2) is 206 Å². The Kier molecular flexibility index (Phi) is 6.79. The Bertz CT molecular complexity index is 3160. The van der Waals surface area contributed by atoms with Crippen LogP contribution >= 0.6 is 0 Å². The van der Waals surface area contributed by atoms with Crippen LogP contribution in [0.25, 0.3) is 66.6 Å². The fourth-order valence-corrected chi connectivity index (χ4v) is 9.93. The molecule has 0 radical (unpaired) electrons. The van der Waals surface area contributed by atoms with E-state index in [-0.39, 0.29) is 5.92 Å². The van der Waals surface area contributed by atoms with E-state index in [0.717, 1.165) is 11.4 Å². The zero-order valence-corrected chi connectivity index (χ0v) is 30.7. The van der Waals surface area contributed by atoms with Crippen molar-refractivity contribution in [1.29, 1.82) is 0 Å². The first-order chi connectivity index (χ1) is 27.8. The van der Waals surface area contributed by atoms with Crippen LogP contribution in [-0.2, 0) is 0 Å². The molecule has 0 bridgehead atoms. The molecule has 12 rings (SSSR count). The standard InChI is InChI=1S/C54H36N2/c1-2-15-36(16-3-1)42-20-8-10-25-48(42)56-49-26-11-9-22-44(49)47-34-41(30-31-50(47)56)55(40-29-28-35-14-4-5-17-37(35)33-40)51-27-13-24-46-53(51)45-23-12-19-39-32-38-18-6-7-21-43(38)54(46)52(39)45/h1-34,43,54H. The normalized spacial score (nSPS) is 16.2. The molecule has 8 aromatic carbocycles. The lowest BCUT2D eigenvalue weighted by atomic mass is 9.72. The fourth-order valence-electron chi connectivity index (χ4n) is 9.93. The van der Waals surface area contributed by atoms with Gasteiger partial charge in [0, 0.05) is 45.1 Å². The quantitative estimate of drug-likeness (QED) is 0.172. The van der Waals surface area contributed by atoms with Gasteiger partial charge in [-0.25, -0.2) is 0 Å². The van der Waals surface area contributed by atoms with E-state index in [9.17, 15) is 0 Å². The van der Waals surface area contributed by atoms with E-state index in [2.05, 4.69) is 216 Å². The SMILES string of the molecule is C1=CC2=Cc3cccc4c3C(c3cccc(N(c5ccc6ccccc6c5)c5ccc6c(c5)c5ccccc5n6-c5ccccc5-c5ccccc5)c3-4)C2C=C1. The molecule has 0 amide bonds. The Hall–Kier alpha value is -7.16. The second-order valence-electron chi connectivity index (χ2n) is 15.2. The first kappa shape index (κ1) is 31.2. The van der Waals surface area contributed by atoms with Crippen LogP contribution in [-0.4, -0.2) is 4.57 Å². The number of aromatic nitrogens is 1. The molecule has 0 saturated carbocycles. The lowest BCUT2D eigenvalue weighted by molar-refractivity contribution is 0.666. The van der Waals surface area contributed by atoms with E-state index in [0.29, 0.717) is 5.92 Å². The van der Waals surface area contributed by atoms with Crippen LogP contribution < -0.4 is 4.90 Å². The molecule has 2 nitrogen and oxygen atoms in total. The topological polar surface area (TPSA) is 8.17 Å². The summed E-state index contributed by atoms with van der Waals surface area (Å²) in [5.41, 5.74) is 17.7. The van der Waals surface area contributed by atoms with Crippen molar-refractivity contribution < 1.29 is 0 Å². The second-order valence-corrected chi connectivity index (χ2v) is 15.2. The van der Waals surface area contributed by atoms with Crippen LogP contribution in [0.3, 0.4) is 0 Å². The Morgan fingerprint density at radius 1 is 0.518 bits per heavy atom. The number of hydrogen-bond donors (Lipinski definition) is 0. The minimum atomic E-state index is 0.279. The van der Waals surface area contributed by atoms with Gasteiger partial charge in [-0.3, -0.25) is 0 Å². The number of rotatable bonds is 5. The van der Waals surface area contributed by atoms with Gasteiger partial charge in [-0.2, -0.15) is 0 Å². The molecule has 1 heterocycles. The van der Waals surface area contributed by atoms with Crippen molar-refractivity contribution in [2.24, 2.45) is 5.92 Å². The molecular formula is C54H36N2. The summed E-state index contributed by atoms with van der Waals surface area (Å²) >= 11 is 0. The van der Waals surface area contributed by atoms with Crippen LogP contribution in [0.5, 0.6) is 0 Å². The summed E-state index contributed by atoms with van der Waals surface area (Å²) in [6.45, 7) is 0. The van der Waals surface area contributed by atoms with E-state index < -0.39 is 0 Å². The summed E-state index contributed by atoms with van der Waals surface area (Å²) in [5, 5.41) is 4.93. The third kappa shape index (κ3) is 4.56. The maximum absolute atomic E-state index is 2.51. The summed E-state index contributed by atoms with van der Waals surface area (Å²) in [6, 6.07) is 64.9. The van der Waals surface area contributed by atoms with Gasteiger partial charge >= 0.3 is 0 Å². The predicted molar refractivity (Wildman–Crippen MR) is 235 cm³/mol. The third-order valence-corrected chi connectivity index (χ3v) is 12.3. The van der Waals surface area contributed by atoms with Crippen molar-refractivity contribution in [2.75, 3.05) is 4.90 Å². The molecule has 262 valence electrons. The van der Waals surface area contributed by atoms with Crippen molar-refractivity contribution in [3.8, 4) is 27.9 Å². The van der Waals surface area contributed by atoms with Crippen LogP contribution in [0.2, 0.25) is 0 Å². The number of nitrogens with zero attached hydrogens (tertiary/aromatic N) is 2. The molecule has 0 fully saturated rings. The van der Waals surface area contributed by atoms with Crippen molar-refractivity contribution in [2.45, 2.75) is 5.92 Å². The molecule has 3 aliphatic carbocycles. The maximum Gasteiger partial charge on any atom is 0.0543 e. The van der Waals surface area contributed by atoms with Crippen molar-refractivity contribution >= 4 is 55.7 Å². The highest BCUT2D eigenvalue weighted by Crippen LogP contribution is 2.58. The van der Waals surface area contributed by atoms with E-state index in [1.807, 2.05) is 0 Å². The molecule has 0 aliphatic heterocycles. The Balaban J connectivity index is 1.11. The highest BCUT2D eigenvalue weighted by molar-refractivity contribution is 6.11. The van der Waals surface area contributed by atoms with E-state index in [1.165, 1.54) is 88.5 Å². The predicted octanol–water partition coefficient (Wildman–Crippen LogP) is 14.3. The monoisotopic (exact) mass is 712 g/mol. The molecule has 0 spiro atoms. The molecule has 9 aromatic rings. The number of anilines is 3. The Labute approximate surface area is 326 Å². The largest absolute Gasteiger partial charge is 0.310 e. The van der Waals surface area contributed by atoms with Gasteiger partial charge in [-0.05, 0) is 92.7 Å². The number of hydrogen-bond acceptors (Lipinski definition) is 1. The van der Waals surface area contributed by atoms with Gasteiger partial charge in [0.2, 0.25) is 0 Å². The minimum absolute atomic E-state index is 0.279. The molecule has 3 aliphatic rings. The van der Waals surface area contributed by atoms with Gasteiger partial charge in [-0.1, -0.05) is 158 Å². The summed E-state index contributed by atoms with van der Waals surface area (Å²) in [6.07, 6.45) is 11.5. The number of benzene rings is 8. The molecule has 0 N–H and O–H groups in total. The molecule has 2 heteroatoms. The fraction of sp³-hybridized carbons (Fsp3) is 0.0370. The summed E-state index contributed by atoms with van der Waals surface area (Å²) < 4.78 is 2.45. The lowest BCUT2D eigenvalue weighted by Crippen LogP contribution is -2.17. The lowest BCUT2D eigenvalue weighted by Gasteiger charge is -2.31. The summed E-state index contributed by atoms with van der Waals surface area (Å²) in [4.78, 5) is 2.51. The zero-order valence-electron chi connectivity index (χ0n) is 30.7. The number of fused-ring (bicyclic) bond motifs is 9. The number of allylic oxidation sites excluding steroid dienone is 5. The zero-order chi connectivity index (χ0) is 36.7. The van der Waals surface area contributed by atoms with E-state index in [1.54, 1.807) is 0 Å². The Morgan fingerprint density at radius 3 is 2.21 bits per heavy atom. The molecule has 2 unspecified atom stereocenters. The third-order valence-electron chi connectivity index (χ3n) is 12.3. The summed E-state index contributed by atoms with van der Waals surface area (Å²) in [7, 11) is 0. The maximum atomic E-state index is 2.51. The molecule has 2 atom stereocenters. The average molecular weight is 713 g/mol. The highest BCUT2D eigenvalue weighted by atomic mass is 15.1. The van der Waals surface area contributed by atoms with Gasteiger partial charge in [0.05, 0.1) is 22.4 Å². The highest BCUT2D eigenvalue weighted by Gasteiger charge is 2.40. The van der Waals surface area contributed by atoms with E-state index in [4.69, 9.17) is 0 Å². The van der Waals surface area contributed by atoms with Gasteiger partial charge in [0.25, 0.3) is 0 Å². The average Bonchev–Trinajstić information content (AvgIpc) is 3.78.